The topological polar surface area (TPSA) is 54.3 Å². The number of hydrogen-bond acceptors (Lipinski definition) is 2. The Kier molecular flexibility index (Phi) is 3.51. The van der Waals surface area contributed by atoms with Crippen LogP contribution in [0.2, 0.25) is 5.02 Å². The van der Waals surface area contributed by atoms with E-state index in [1.807, 2.05) is 4.57 Å². The van der Waals surface area contributed by atoms with Crippen LogP contribution in [0.4, 0.5) is 0 Å². The van der Waals surface area contributed by atoms with Gasteiger partial charge in [0.2, 0.25) is 0 Å². The average molecular weight is 243 g/mol. The summed E-state index contributed by atoms with van der Waals surface area (Å²) in [6.45, 7) is 0.577. The number of rotatable bonds is 5. The number of halogens is 1. The molecule has 0 unspecified atom stereocenters. The second-order valence-corrected chi connectivity index (χ2v) is 4.45. The molecule has 1 heterocycles. The molecule has 0 bridgehead atoms. The molecule has 4 nitrogen and oxygen atoms in total. The standard InChI is InChI=1S/C11H15ClN2O2/c12-8-6-10(11(16)13-4-1-5-15)14(7-8)9-2-3-9/h6-7,9,15H,1-5H2,(H,13,16). The van der Waals surface area contributed by atoms with Crippen LogP contribution in [0.1, 0.15) is 35.8 Å². The maximum absolute atomic E-state index is 11.8. The van der Waals surface area contributed by atoms with E-state index in [4.69, 9.17) is 16.7 Å². The SMILES string of the molecule is O=C(NCCCO)c1cc(Cl)cn1C1CC1. The number of aliphatic hydroxyl groups excluding tert-OH is 1. The van der Waals surface area contributed by atoms with Gasteiger partial charge in [-0.05, 0) is 25.3 Å². The molecule has 16 heavy (non-hydrogen) atoms. The van der Waals surface area contributed by atoms with Gasteiger partial charge in [-0.25, -0.2) is 0 Å². The third-order valence-electron chi connectivity index (χ3n) is 2.61. The Bertz CT molecular complexity index is 385. The molecule has 2 rings (SSSR count). The summed E-state index contributed by atoms with van der Waals surface area (Å²) in [5, 5.41) is 12.0. The van der Waals surface area contributed by atoms with Gasteiger partial charge < -0.3 is 15.0 Å². The van der Waals surface area contributed by atoms with Crippen molar-refractivity contribution in [3.8, 4) is 0 Å². The van der Waals surface area contributed by atoms with Crippen LogP contribution >= 0.6 is 11.6 Å². The lowest BCUT2D eigenvalue weighted by Crippen LogP contribution is -2.27. The van der Waals surface area contributed by atoms with Crippen molar-refractivity contribution in [3.63, 3.8) is 0 Å². The molecule has 1 aliphatic rings. The Hall–Kier alpha value is -1.00. The minimum atomic E-state index is -0.118. The highest BCUT2D eigenvalue weighted by molar-refractivity contribution is 6.31. The predicted octanol–water partition coefficient (Wildman–Crippen LogP) is 1.59. The molecular formula is C11H15ClN2O2. The van der Waals surface area contributed by atoms with Crippen molar-refractivity contribution in [2.75, 3.05) is 13.2 Å². The smallest absolute Gasteiger partial charge is 0.267 e. The van der Waals surface area contributed by atoms with Gasteiger partial charge in [0.15, 0.2) is 0 Å². The zero-order valence-electron chi connectivity index (χ0n) is 8.95. The van der Waals surface area contributed by atoms with Crippen molar-refractivity contribution in [2.45, 2.75) is 25.3 Å². The van der Waals surface area contributed by atoms with E-state index in [2.05, 4.69) is 5.32 Å². The summed E-state index contributed by atoms with van der Waals surface area (Å²) >= 11 is 5.90. The fourth-order valence-electron chi connectivity index (χ4n) is 1.65. The molecule has 1 amide bonds. The van der Waals surface area contributed by atoms with Gasteiger partial charge in [0, 0.05) is 25.4 Å². The zero-order chi connectivity index (χ0) is 11.5. The fourth-order valence-corrected chi connectivity index (χ4v) is 1.86. The maximum atomic E-state index is 11.8. The van der Waals surface area contributed by atoms with Gasteiger partial charge in [0.05, 0.1) is 5.02 Å². The normalized spacial score (nSPS) is 15.1. The first-order valence-electron chi connectivity index (χ1n) is 5.49. The lowest BCUT2D eigenvalue weighted by molar-refractivity contribution is 0.0941. The maximum Gasteiger partial charge on any atom is 0.267 e. The Balaban J connectivity index is 2.03. The Morgan fingerprint density at radius 2 is 2.38 bits per heavy atom. The minimum absolute atomic E-state index is 0.0880. The Morgan fingerprint density at radius 1 is 1.62 bits per heavy atom. The number of aliphatic hydroxyl groups is 1. The molecular weight excluding hydrogens is 228 g/mol. The molecule has 0 saturated heterocycles. The number of hydrogen-bond donors (Lipinski definition) is 2. The van der Waals surface area contributed by atoms with E-state index >= 15 is 0 Å². The van der Waals surface area contributed by atoms with Gasteiger partial charge in [-0.2, -0.15) is 0 Å². The van der Waals surface area contributed by atoms with Crippen molar-refractivity contribution in [2.24, 2.45) is 0 Å². The van der Waals surface area contributed by atoms with E-state index in [0.717, 1.165) is 12.8 Å². The van der Waals surface area contributed by atoms with Gasteiger partial charge >= 0.3 is 0 Å². The molecule has 0 aliphatic heterocycles. The number of nitrogens with zero attached hydrogens (tertiary/aromatic N) is 1. The van der Waals surface area contributed by atoms with Crippen LogP contribution in [0.3, 0.4) is 0 Å². The summed E-state index contributed by atoms with van der Waals surface area (Å²) < 4.78 is 1.94. The summed E-state index contributed by atoms with van der Waals surface area (Å²) in [6.07, 6.45) is 4.60. The highest BCUT2D eigenvalue weighted by Gasteiger charge is 2.27. The quantitative estimate of drug-likeness (QED) is 0.771. The second-order valence-electron chi connectivity index (χ2n) is 4.02. The van der Waals surface area contributed by atoms with Crippen LogP contribution in [0.5, 0.6) is 0 Å². The summed E-state index contributed by atoms with van der Waals surface area (Å²) in [6, 6.07) is 2.12. The van der Waals surface area contributed by atoms with Crippen LogP contribution in [0, 0.1) is 0 Å². The van der Waals surface area contributed by atoms with Crippen molar-refractivity contribution in [3.05, 3.63) is 23.0 Å². The van der Waals surface area contributed by atoms with Gasteiger partial charge in [-0.3, -0.25) is 4.79 Å². The molecule has 2 N–H and O–H groups in total. The number of carbonyl (C=O) groups excluding carboxylic acids is 1. The molecule has 0 spiro atoms. The van der Waals surface area contributed by atoms with Crippen molar-refractivity contribution in [1.82, 2.24) is 9.88 Å². The first-order chi connectivity index (χ1) is 7.72. The van der Waals surface area contributed by atoms with Gasteiger partial charge in [0.1, 0.15) is 5.69 Å². The van der Waals surface area contributed by atoms with Crippen molar-refractivity contribution in [1.29, 1.82) is 0 Å². The van der Waals surface area contributed by atoms with E-state index in [9.17, 15) is 4.79 Å². The first kappa shape index (κ1) is 11.5. The Labute approximate surface area is 99.2 Å². The lowest BCUT2D eigenvalue weighted by atomic mass is 10.3. The van der Waals surface area contributed by atoms with Crippen LogP contribution in [-0.2, 0) is 0 Å². The third-order valence-corrected chi connectivity index (χ3v) is 2.82. The van der Waals surface area contributed by atoms with Gasteiger partial charge in [-0.1, -0.05) is 11.6 Å². The molecule has 1 saturated carbocycles. The lowest BCUT2D eigenvalue weighted by Gasteiger charge is -2.07. The number of amides is 1. The minimum Gasteiger partial charge on any atom is -0.396 e. The average Bonchev–Trinajstić information content (AvgIpc) is 3.02. The van der Waals surface area contributed by atoms with Crippen molar-refractivity contribution < 1.29 is 9.90 Å². The van der Waals surface area contributed by atoms with Crippen LogP contribution in [-0.4, -0.2) is 28.7 Å². The monoisotopic (exact) mass is 242 g/mol. The largest absolute Gasteiger partial charge is 0.396 e. The zero-order valence-corrected chi connectivity index (χ0v) is 9.70. The predicted molar refractivity (Wildman–Crippen MR) is 61.7 cm³/mol. The van der Waals surface area contributed by atoms with E-state index in [1.165, 1.54) is 0 Å². The molecule has 1 fully saturated rings. The highest BCUT2D eigenvalue weighted by atomic mass is 35.5. The van der Waals surface area contributed by atoms with E-state index in [1.54, 1.807) is 12.3 Å². The molecule has 1 aliphatic carbocycles. The number of nitrogens with one attached hydrogen (secondary N) is 1. The molecule has 0 atom stereocenters. The molecule has 1 aromatic heterocycles. The Morgan fingerprint density at radius 3 is 3.00 bits per heavy atom. The van der Waals surface area contributed by atoms with Crippen LogP contribution in [0.15, 0.2) is 12.3 Å². The number of carbonyl (C=O) groups is 1. The van der Waals surface area contributed by atoms with Crippen molar-refractivity contribution >= 4 is 17.5 Å². The third kappa shape index (κ3) is 2.57. The number of aromatic nitrogens is 1. The van der Waals surface area contributed by atoms with Gasteiger partial charge in [-0.15, -0.1) is 0 Å². The van der Waals surface area contributed by atoms with E-state index < -0.39 is 0 Å². The summed E-state index contributed by atoms with van der Waals surface area (Å²) in [5.41, 5.74) is 0.616. The van der Waals surface area contributed by atoms with Crippen LogP contribution < -0.4 is 5.32 Å². The molecule has 1 aromatic rings. The first-order valence-corrected chi connectivity index (χ1v) is 5.86. The summed E-state index contributed by atoms with van der Waals surface area (Å²) in [5.74, 6) is -0.118. The van der Waals surface area contributed by atoms with Crippen LogP contribution in [0.25, 0.3) is 0 Å². The highest BCUT2D eigenvalue weighted by Crippen LogP contribution is 2.37. The summed E-state index contributed by atoms with van der Waals surface area (Å²) in [4.78, 5) is 11.8. The molecule has 0 radical (unpaired) electrons. The second kappa shape index (κ2) is 4.89. The van der Waals surface area contributed by atoms with E-state index in [0.29, 0.717) is 29.7 Å². The molecule has 5 heteroatoms. The molecule has 88 valence electrons. The van der Waals surface area contributed by atoms with Gasteiger partial charge in [0.25, 0.3) is 5.91 Å². The van der Waals surface area contributed by atoms with E-state index in [-0.39, 0.29) is 12.5 Å². The summed E-state index contributed by atoms with van der Waals surface area (Å²) in [7, 11) is 0. The fraction of sp³-hybridized carbons (Fsp3) is 0.545. The molecule has 0 aromatic carbocycles.